The normalized spacial score (nSPS) is 17.5. The van der Waals surface area contributed by atoms with Crippen LogP contribution >= 0.6 is 0 Å². The number of anilines is 1. The van der Waals surface area contributed by atoms with Crippen molar-refractivity contribution in [1.82, 2.24) is 5.32 Å². The van der Waals surface area contributed by atoms with Crippen molar-refractivity contribution in [2.24, 2.45) is 0 Å². The number of hydrogen-bond donors (Lipinski definition) is 2. The van der Waals surface area contributed by atoms with Crippen LogP contribution in [0.2, 0.25) is 0 Å². The highest BCUT2D eigenvalue weighted by Gasteiger charge is 2.19. The zero-order chi connectivity index (χ0) is 16.8. The molecule has 2 N–H and O–H groups in total. The van der Waals surface area contributed by atoms with Gasteiger partial charge in [-0.2, -0.15) is 0 Å². The van der Waals surface area contributed by atoms with Crippen molar-refractivity contribution in [2.75, 3.05) is 17.3 Å². The Morgan fingerprint density at radius 3 is 2.78 bits per heavy atom. The van der Waals surface area contributed by atoms with Gasteiger partial charge in [-0.15, -0.1) is 0 Å². The van der Waals surface area contributed by atoms with Gasteiger partial charge in [-0.1, -0.05) is 0 Å². The van der Waals surface area contributed by atoms with Gasteiger partial charge in [0.1, 0.15) is 11.6 Å². The monoisotopic (exact) mass is 342 g/mol. The summed E-state index contributed by atoms with van der Waals surface area (Å²) in [4.78, 5) is 12.0. The minimum Gasteiger partial charge on any atom is -0.488 e. The Kier molecular flexibility index (Phi) is 6.38. The molecule has 1 aromatic carbocycles. The SMILES string of the molecule is C[C@@H](C[S@](C)=O)NC(=O)Nc1ccc(F)cc1OC1CCCC1. The number of urea groups is 1. The number of ether oxygens (including phenoxy) is 1. The maximum Gasteiger partial charge on any atom is 0.319 e. The average molecular weight is 342 g/mol. The highest BCUT2D eigenvalue weighted by molar-refractivity contribution is 7.84. The minimum absolute atomic E-state index is 0.0712. The number of amides is 2. The summed E-state index contributed by atoms with van der Waals surface area (Å²) in [6, 6.07) is 3.41. The van der Waals surface area contributed by atoms with Gasteiger partial charge in [0, 0.05) is 34.9 Å². The molecule has 0 aromatic heterocycles. The van der Waals surface area contributed by atoms with Crippen LogP contribution in [0.4, 0.5) is 14.9 Å². The van der Waals surface area contributed by atoms with E-state index in [0.29, 0.717) is 17.2 Å². The number of halogens is 1. The molecule has 0 unspecified atom stereocenters. The lowest BCUT2D eigenvalue weighted by molar-refractivity contribution is 0.210. The van der Waals surface area contributed by atoms with E-state index in [1.807, 2.05) is 0 Å². The van der Waals surface area contributed by atoms with E-state index in [-0.39, 0.29) is 12.1 Å². The number of carbonyl (C=O) groups is 1. The predicted octanol–water partition coefficient (Wildman–Crippen LogP) is 3.04. The van der Waals surface area contributed by atoms with Gasteiger partial charge >= 0.3 is 6.03 Å². The molecule has 0 bridgehead atoms. The van der Waals surface area contributed by atoms with Crippen molar-refractivity contribution in [1.29, 1.82) is 0 Å². The summed E-state index contributed by atoms with van der Waals surface area (Å²) in [6.45, 7) is 1.78. The summed E-state index contributed by atoms with van der Waals surface area (Å²) in [6.07, 6.45) is 5.76. The fourth-order valence-corrected chi connectivity index (χ4v) is 3.45. The molecule has 0 heterocycles. The third kappa shape index (κ3) is 5.82. The van der Waals surface area contributed by atoms with Gasteiger partial charge in [-0.3, -0.25) is 4.21 Å². The van der Waals surface area contributed by atoms with Crippen LogP contribution in [0.1, 0.15) is 32.6 Å². The fourth-order valence-electron chi connectivity index (χ4n) is 2.66. The second-order valence-corrected chi connectivity index (χ2v) is 7.38. The van der Waals surface area contributed by atoms with Crippen LogP contribution in [0.3, 0.4) is 0 Å². The summed E-state index contributed by atoms with van der Waals surface area (Å²) in [5.74, 6) is 0.319. The summed E-state index contributed by atoms with van der Waals surface area (Å²) >= 11 is 0. The Morgan fingerprint density at radius 2 is 2.13 bits per heavy atom. The molecule has 0 aliphatic heterocycles. The molecule has 0 radical (unpaired) electrons. The summed E-state index contributed by atoms with van der Waals surface area (Å²) in [7, 11) is -0.986. The Bertz CT molecular complexity index is 576. The van der Waals surface area contributed by atoms with Crippen molar-refractivity contribution in [2.45, 2.75) is 44.8 Å². The predicted molar refractivity (Wildman–Crippen MR) is 89.8 cm³/mol. The molecule has 1 saturated carbocycles. The van der Waals surface area contributed by atoms with E-state index in [1.165, 1.54) is 18.2 Å². The summed E-state index contributed by atoms with van der Waals surface area (Å²) in [5.41, 5.74) is 0.431. The fraction of sp³-hybridized carbons (Fsp3) is 0.562. The lowest BCUT2D eigenvalue weighted by atomic mass is 10.2. The van der Waals surface area contributed by atoms with Crippen LogP contribution in [0.25, 0.3) is 0 Å². The molecule has 23 heavy (non-hydrogen) atoms. The standard InChI is InChI=1S/C16H23FN2O3S/c1-11(10-23(2)21)18-16(20)19-14-8-7-12(17)9-15(14)22-13-5-3-4-6-13/h7-9,11,13H,3-6,10H2,1-2H3,(H2,18,19,20)/t11-,23-/m0/s1. The van der Waals surface area contributed by atoms with Crippen molar-refractivity contribution in [3.8, 4) is 5.75 Å². The number of carbonyl (C=O) groups excluding carboxylic acids is 1. The Morgan fingerprint density at radius 1 is 1.43 bits per heavy atom. The van der Waals surface area contributed by atoms with E-state index in [9.17, 15) is 13.4 Å². The second kappa shape index (κ2) is 8.29. The van der Waals surface area contributed by atoms with Crippen molar-refractivity contribution >= 4 is 22.5 Å². The van der Waals surface area contributed by atoms with Crippen LogP contribution in [0, 0.1) is 5.82 Å². The zero-order valence-electron chi connectivity index (χ0n) is 13.4. The summed E-state index contributed by atoms with van der Waals surface area (Å²) < 4.78 is 30.5. The number of benzene rings is 1. The van der Waals surface area contributed by atoms with E-state index in [1.54, 1.807) is 13.2 Å². The van der Waals surface area contributed by atoms with Crippen LogP contribution in [0.15, 0.2) is 18.2 Å². The molecule has 2 atom stereocenters. The van der Waals surface area contributed by atoms with Gasteiger partial charge in [-0.25, -0.2) is 9.18 Å². The van der Waals surface area contributed by atoms with Gasteiger partial charge in [-0.05, 0) is 44.7 Å². The lowest BCUT2D eigenvalue weighted by Crippen LogP contribution is -2.39. The third-order valence-corrected chi connectivity index (χ3v) is 4.62. The molecule has 7 heteroatoms. The molecule has 128 valence electrons. The van der Waals surface area contributed by atoms with Crippen LogP contribution in [-0.4, -0.2) is 34.4 Å². The van der Waals surface area contributed by atoms with E-state index in [0.717, 1.165) is 25.7 Å². The lowest BCUT2D eigenvalue weighted by Gasteiger charge is -2.18. The van der Waals surface area contributed by atoms with E-state index >= 15 is 0 Å². The Labute approximate surface area is 138 Å². The van der Waals surface area contributed by atoms with Crippen molar-refractivity contribution in [3.05, 3.63) is 24.0 Å². The zero-order valence-corrected chi connectivity index (χ0v) is 14.2. The molecular weight excluding hydrogens is 319 g/mol. The quantitative estimate of drug-likeness (QED) is 0.835. The summed E-state index contributed by atoms with van der Waals surface area (Å²) in [5, 5.41) is 5.38. The van der Waals surface area contributed by atoms with Gasteiger partial charge in [0.05, 0.1) is 11.8 Å². The maximum absolute atomic E-state index is 13.5. The first kappa shape index (κ1) is 17.7. The molecule has 2 amide bonds. The van der Waals surface area contributed by atoms with E-state index in [2.05, 4.69) is 10.6 Å². The van der Waals surface area contributed by atoms with E-state index < -0.39 is 22.6 Å². The molecule has 1 aliphatic rings. The van der Waals surface area contributed by atoms with Gasteiger partial charge in [0.2, 0.25) is 0 Å². The molecule has 2 rings (SSSR count). The van der Waals surface area contributed by atoms with Crippen LogP contribution in [-0.2, 0) is 10.8 Å². The highest BCUT2D eigenvalue weighted by Crippen LogP contribution is 2.30. The first-order valence-electron chi connectivity index (χ1n) is 7.78. The number of rotatable bonds is 6. The Hall–Kier alpha value is -1.63. The molecular formula is C16H23FN2O3S. The maximum atomic E-state index is 13.5. The highest BCUT2D eigenvalue weighted by atomic mass is 32.2. The van der Waals surface area contributed by atoms with E-state index in [4.69, 9.17) is 4.74 Å². The number of nitrogens with one attached hydrogen (secondary N) is 2. The van der Waals surface area contributed by atoms with Gasteiger partial charge in [0.25, 0.3) is 0 Å². The molecule has 1 aliphatic carbocycles. The van der Waals surface area contributed by atoms with Crippen molar-refractivity contribution in [3.63, 3.8) is 0 Å². The first-order valence-corrected chi connectivity index (χ1v) is 9.50. The smallest absolute Gasteiger partial charge is 0.319 e. The molecule has 1 aromatic rings. The topological polar surface area (TPSA) is 67.4 Å². The average Bonchev–Trinajstić information content (AvgIpc) is 2.93. The minimum atomic E-state index is -0.986. The molecule has 0 spiro atoms. The number of hydrogen-bond acceptors (Lipinski definition) is 3. The van der Waals surface area contributed by atoms with Gasteiger partial charge in [0.15, 0.2) is 0 Å². The molecule has 5 nitrogen and oxygen atoms in total. The third-order valence-electron chi connectivity index (χ3n) is 3.65. The molecule has 1 fully saturated rings. The van der Waals surface area contributed by atoms with Gasteiger partial charge < -0.3 is 15.4 Å². The van der Waals surface area contributed by atoms with Crippen molar-refractivity contribution < 1.29 is 18.1 Å². The second-order valence-electron chi connectivity index (χ2n) is 5.90. The Balaban J connectivity index is 2.00. The largest absolute Gasteiger partial charge is 0.488 e. The van der Waals surface area contributed by atoms with Crippen LogP contribution < -0.4 is 15.4 Å². The first-order chi connectivity index (χ1) is 10.9. The molecule has 0 saturated heterocycles. The van der Waals surface area contributed by atoms with Crippen LogP contribution in [0.5, 0.6) is 5.75 Å².